The Morgan fingerprint density at radius 1 is 1.33 bits per heavy atom. The molecule has 0 aromatic heterocycles. The van der Waals surface area contributed by atoms with Crippen molar-refractivity contribution in [3.8, 4) is 11.8 Å². The molecule has 4 nitrogen and oxygen atoms in total. The minimum atomic E-state index is -1.09. The van der Waals surface area contributed by atoms with Gasteiger partial charge in [-0.3, -0.25) is 0 Å². The number of carboxylic acids is 1. The van der Waals surface area contributed by atoms with Crippen LogP contribution in [0.4, 0.5) is 4.39 Å². The van der Waals surface area contributed by atoms with E-state index in [4.69, 9.17) is 15.1 Å². The van der Waals surface area contributed by atoms with Crippen molar-refractivity contribution in [2.75, 3.05) is 0 Å². The van der Waals surface area contributed by atoms with Crippen molar-refractivity contribution >= 4 is 5.97 Å². The molecule has 0 amide bonds. The van der Waals surface area contributed by atoms with Gasteiger partial charge in [0.05, 0.1) is 11.6 Å². The van der Waals surface area contributed by atoms with Crippen LogP contribution in [0.1, 0.15) is 27.0 Å². The van der Waals surface area contributed by atoms with Gasteiger partial charge in [-0.1, -0.05) is 11.6 Å². The first-order valence-electron chi connectivity index (χ1n) is 6.16. The van der Waals surface area contributed by atoms with E-state index in [-0.39, 0.29) is 23.5 Å². The average Bonchev–Trinajstić information content (AvgIpc) is 2.45. The summed E-state index contributed by atoms with van der Waals surface area (Å²) >= 11 is 0. The molecular formula is C16H12FNO3. The molecule has 2 aromatic carbocycles. The van der Waals surface area contributed by atoms with Crippen molar-refractivity contribution in [2.45, 2.75) is 13.5 Å². The molecule has 106 valence electrons. The van der Waals surface area contributed by atoms with E-state index in [9.17, 15) is 9.18 Å². The lowest BCUT2D eigenvalue weighted by molar-refractivity contribution is 0.0691. The maximum Gasteiger partial charge on any atom is 0.339 e. The molecule has 0 bridgehead atoms. The number of nitriles is 1. The van der Waals surface area contributed by atoms with Gasteiger partial charge in [-0.05, 0) is 42.8 Å². The van der Waals surface area contributed by atoms with E-state index in [1.807, 2.05) is 6.07 Å². The number of hydrogen-bond donors (Lipinski definition) is 1. The van der Waals surface area contributed by atoms with E-state index in [0.29, 0.717) is 5.56 Å². The maximum atomic E-state index is 13.3. The van der Waals surface area contributed by atoms with Crippen molar-refractivity contribution in [1.82, 2.24) is 0 Å². The van der Waals surface area contributed by atoms with Crippen LogP contribution in [0.25, 0.3) is 0 Å². The van der Waals surface area contributed by atoms with E-state index >= 15 is 0 Å². The molecule has 0 spiro atoms. The number of ether oxygens (including phenoxy) is 1. The Balaban J connectivity index is 2.23. The van der Waals surface area contributed by atoms with Crippen molar-refractivity contribution in [3.63, 3.8) is 0 Å². The summed E-state index contributed by atoms with van der Waals surface area (Å²) in [7, 11) is 0. The fraction of sp³-hybridized carbons (Fsp3) is 0.125. The van der Waals surface area contributed by atoms with E-state index < -0.39 is 11.8 Å². The predicted octanol–water partition coefficient (Wildman–Crippen LogP) is 3.28. The van der Waals surface area contributed by atoms with Crippen LogP contribution in [0, 0.1) is 24.1 Å². The Labute approximate surface area is 121 Å². The maximum absolute atomic E-state index is 13.3. The summed E-state index contributed by atoms with van der Waals surface area (Å²) in [4.78, 5) is 11.2. The quantitative estimate of drug-likeness (QED) is 0.935. The lowest BCUT2D eigenvalue weighted by atomic mass is 10.1. The van der Waals surface area contributed by atoms with Gasteiger partial charge in [0, 0.05) is 0 Å². The second-order valence-corrected chi connectivity index (χ2v) is 4.55. The molecule has 0 heterocycles. The SMILES string of the molecule is Cc1ccc(OCc2cc(F)cc(C#N)c2)c(C(=O)O)c1. The fourth-order valence-electron chi connectivity index (χ4n) is 1.90. The highest BCUT2D eigenvalue weighted by Gasteiger charge is 2.12. The Hall–Kier alpha value is -2.87. The first-order chi connectivity index (χ1) is 9.99. The van der Waals surface area contributed by atoms with Crippen LogP contribution >= 0.6 is 0 Å². The van der Waals surface area contributed by atoms with E-state index in [2.05, 4.69) is 0 Å². The minimum Gasteiger partial charge on any atom is -0.488 e. The number of aromatic carboxylic acids is 1. The second-order valence-electron chi connectivity index (χ2n) is 4.55. The Morgan fingerprint density at radius 2 is 2.10 bits per heavy atom. The summed E-state index contributed by atoms with van der Waals surface area (Å²) in [6, 6.07) is 10.5. The van der Waals surface area contributed by atoms with Crippen LogP contribution in [-0.4, -0.2) is 11.1 Å². The van der Waals surface area contributed by atoms with E-state index in [1.54, 1.807) is 19.1 Å². The first-order valence-corrected chi connectivity index (χ1v) is 6.16. The number of rotatable bonds is 4. The van der Waals surface area contributed by atoms with Crippen molar-refractivity contribution in [3.05, 3.63) is 64.5 Å². The number of aryl methyl sites for hydroxylation is 1. The summed E-state index contributed by atoms with van der Waals surface area (Å²) in [5, 5.41) is 17.9. The Morgan fingerprint density at radius 3 is 2.76 bits per heavy atom. The number of carbonyl (C=O) groups is 1. The van der Waals surface area contributed by atoms with Crippen LogP contribution in [-0.2, 0) is 6.61 Å². The summed E-state index contributed by atoms with van der Waals surface area (Å²) < 4.78 is 18.7. The third kappa shape index (κ3) is 3.57. The molecule has 2 rings (SSSR count). The van der Waals surface area contributed by atoms with Gasteiger partial charge in [0.1, 0.15) is 23.7 Å². The molecule has 0 aliphatic heterocycles. The molecule has 0 aliphatic carbocycles. The van der Waals surface area contributed by atoms with Crippen LogP contribution < -0.4 is 4.74 Å². The van der Waals surface area contributed by atoms with Crippen molar-refractivity contribution < 1.29 is 19.0 Å². The number of hydrogen-bond acceptors (Lipinski definition) is 3. The summed E-state index contributed by atoms with van der Waals surface area (Å²) in [5.41, 5.74) is 1.50. The molecule has 1 N–H and O–H groups in total. The van der Waals surface area contributed by atoms with Crippen LogP contribution in [0.15, 0.2) is 36.4 Å². The largest absolute Gasteiger partial charge is 0.488 e. The normalized spacial score (nSPS) is 9.95. The fourth-order valence-corrected chi connectivity index (χ4v) is 1.90. The van der Waals surface area contributed by atoms with Gasteiger partial charge >= 0.3 is 5.97 Å². The van der Waals surface area contributed by atoms with Crippen LogP contribution in [0.5, 0.6) is 5.75 Å². The summed E-state index contributed by atoms with van der Waals surface area (Å²) in [6.45, 7) is 1.76. The zero-order valence-electron chi connectivity index (χ0n) is 11.3. The highest BCUT2D eigenvalue weighted by Crippen LogP contribution is 2.21. The van der Waals surface area contributed by atoms with Gasteiger partial charge in [0.15, 0.2) is 0 Å². The topological polar surface area (TPSA) is 70.3 Å². The van der Waals surface area contributed by atoms with Gasteiger partial charge in [-0.25, -0.2) is 9.18 Å². The molecule has 0 unspecified atom stereocenters. The lowest BCUT2D eigenvalue weighted by Crippen LogP contribution is -2.04. The Bertz CT molecular complexity index is 735. The molecule has 0 atom stereocenters. The molecule has 5 heteroatoms. The molecule has 0 saturated heterocycles. The van der Waals surface area contributed by atoms with Gasteiger partial charge in [-0.2, -0.15) is 5.26 Å². The van der Waals surface area contributed by atoms with E-state index in [1.165, 1.54) is 18.2 Å². The monoisotopic (exact) mass is 285 g/mol. The van der Waals surface area contributed by atoms with Crippen LogP contribution in [0.2, 0.25) is 0 Å². The molecule has 0 fully saturated rings. The molecular weight excluding hydrogens is 273 g/mol. The highest BCUT2D eigenvalue weighted by atomic mass is 19.1. The zero-order valence-corrected chi connectivity index (χ0v) is 11.3. The van der Waals surface area contributed by atoms with Gasteiger partial charge in [0.2, 0.25) is 0 Å². The number of carboxylic acid groups (broad SMARTS) is 1. The van der Waals surface area contributed by atoms with Crippen molar-refractivity contribution in [2.24, 2.45) is 0 Å². The molecule has 0 radical (unpaired) electrons. The summed E-state index contributed by atoms with van der Waals surface area (Å²) in [5.74, 6) is -1.42. The minimum absolute atomic E-state index is 0.0181. The van der Waals surface area contributed by atoms with Gasteiger partial charge in [-0.15, -0.1) is 0 Å². The third-order valence-electron chi connectivity index (χ3n) is 2.85. The second kappa shape index (κ2) is 6.06. The predicted molar refractivity (Wildman–Crippen MR) is 73.6 cm³/mol. The zero-order chi connectivity index (χ0) is 15.4. The lowest BCUT2D eigenvalue weighted by Gasteiger charge is -2.10. The highest BCUT2D eigenvalue weighted by molar-refractivity contribution is 5.91. The van der Waals surface area contributed by atoms with Crippen molar-refractivity contribution in [1.29, 1.82) is 5.26 Å². The number of halogens is 1. The first kappa shape index (κ1) is 14.5. The molecule has 0 aliphatic rings. The number of benzene rings is 2. The molecule has 0 saturated carbocycles. The molecule has 21 heavy (non-hydrogen) atoms. The van der Waals surface area contributed by atoms with E-state index in [0.717, 1.165) is 11.6 Å². The van der Waals surface area contributed by atoms with Gasteiger partial charge in [0.25, 0.3) is 0 Å². The average molecular weight is 285 g/mol. The van der Waals surface area contributed by atoms with Gasteiger partial charge < -0.3 is 9.84 Å². The number of nitrogens with zero attached hydrogens (tertiary/aromatic N) is 1. The third-order valence-corrected chi connectivity index (χ3v) is 2.85. The molecule has 2 aromatic rings. The smallest absolute Gasteiger partial charge is 0.339 e. The summed E-state index contributed by atoms with van der Waals surface area (Å²) in [6.07, 6.45) is 0. The standard InChI is InChI=1S/C16H12FNO3/c1-10-2-3-15(14(4-10)16(19)20)21-9-12-5-11(8-18)6-13(17)7-12/h2-7H,9H2,1H3,(H,19,20). The van der Waals surface area contributed by atoms with Crippen LogP contribution in [0.3, 0.4) is 0 Å². The Kier molecular flexibility index (Phi) is 4.19.